The average Bonchev–Trinajstić information content (AvgIpc) is 2.04. The number of methoxy groups -OCH3 is 1. The Hall–Kier alpha value is -0.0800. The number of rotatable bonds is 7. The van der Waals surface area contributed by atoms with E-state index >= 15 is 0 Å². The van der Waals surface area contributed by atoms with E-state index in [1.54, 1.807) is 7.11 Å². The van der Waals surface area contributed by atoms with Crippen molar-refractivity contribution in [2.75, 3.05) is 20.2 Å². The first-order chi connectivity index (χ1) is 5.70. The van der Waals surface area contributed by atoms with Gasteiger partial charge in [-0.1, -0.05) is 20.3 Å². The second kappa shape index (κ2) is 7.56. The topological polar surface area (TPSA) is 21.3 Å². The Balaban J connectivity index is 3.18. The normalized spacial score (nSPS) is 16.0. The monoisotopic (exact) mass is 173 g/mol. The molecule has 0 aromatic carbocycles. The van der Waals surface area contributed by atoms with Crippen molar-refractivity contribution in [3.8, 4) is 0 Å². The molecule has 1 N–H and O–H groups in total. The fourth-order valence-corrected chi connectivity index (χ4v) is 1.21. The minimum absolute atomic E-state index is 0.332. The van der Waals surface area contributed by atoms with E-state index in [1.807, 2.05) is 0 Å². The van der Waals surface area contributed by atoms with Crippen molar-refractivity contribution in [2.24, 2.45) is 5.92 Å². The molecule has 0 spiro atoms. The fraction of sp³-hybridized carbons (Fsp3) is 1.00. The van der Waals surface area contributed by atoms with Gasteiger partial charge in [0.15, 0.2) is 0 Å². The molecule has 0 aliphatic rings. The lowest BCUT2D eigenvalue weighted by Crippen LogP contribution is -2.29. The lowest BCUT2D eigenvalue weighted by molar-refractivity contribution is 0.116. The molecule has 0 aromatic rings. The van der Waals surface area contributed by atoms with Gasteiger partial charge in [-0.15, -0.1) is 0 Å². The molecule has 0 heterocycles. The van der Waals surface area contributed by atoms with Crippen LogP contribution in [0.5, 0.6) is 0 Å². The second-order valence-corrected chi connectivity index (χ2v) is 3.60. The molecular formula is C10H23NO. The Labute approximate surface area is 76.7 Å². The van der Waals surface area contributed by atoms with Gasteiger partial charge in [-0.2, -0.15) is 0 Å². The van der Waals surface area contributed by atoms with Crippen molar-refractivity contribution in [1.29, 1.82) is 0 Å². The van der Waals surface area contributed by atoms with E-state index < -0.39 is 0 Å². The Kier molecular flexibility index (Phi) is 7.51. The van der Waals surface area contributed by atoms with Gasteiger partial charge in [0.05, 0.1) is 6.10 Å². The number of hydrogen-bond acceptors (Lipinski definition) is 2. The number of hydrogen-bond donors (Lipinski definition) is 1. The van der Waals surface area contributed by atoms with Crippen LogP contribution < -0.4 is 5.32 Å². The Bertz CT molecular complexity index is 95.8. The lowest BCUT2D eigenvalue weighted by atomic mass is 10.1. The second-order valence-electron chi connectivity index (χ2n) is 3.60. The summed E-state index contributed by atoms with van der Waals surface area (Å²) in [7, 11) is 1.75. The molecule has 74 valence electrons. The van der Waals surface area contributed by atoms with Crippen LogP contribution >= 0.6 is 0 Å². The van der Waals surface area contributed by atoms with E-state index in [4.69, 9.17) is 4.74 Å². The maximum atomic E-state index is 5.13. The first kappa shape index (κ1) is 11.9. The molecule has 0 saturated carbocycles. The molecule has 2 nitrogen and oxygen atoms in total. The van der Waals surface area contributed by atoms with Crippen molar-refractivity contribution in [2.45, 2.75) is 39.7 Å². The van der Waals surface area contributed by atoms with E-state index in [1.165, 1.54) is 12.8 Å². The first-order valence-corrected chi connectivity index (χ1v) is 4.94. The molecule has 2 unspecified atom stereocenters. The predicted octanol–water partition coefficient (Wildman–Crippen LogP) is 2.05. The third-order valence-corrected chi connectivity index (χ3v) is 2.11. The highest BCUT2D eigenvalue weighted by molar-refractivity contribution is 4.59. The van der Waals surface area contributed by atoms with E-state index in [0.717, 1.165) is 19.0 Å². The first-order valence-electron chi connectivity index (χ1n) is 4.94. The smallest absolute Gasteiger partial charge is 0.0667 e. The minimum atomic E-state index is 0.332. The van der Waals surface area contributed by atoms with Gasteiger partial charge in [0, 0.05) is 13.7 Å². The van der Waals surface area contributed by atoms with Crippen LogP contribution in [0.2, 0.25) is 0 Å². The Morgan fingerprint density at radius 1 is 1.25 bits per heavy atom. The van der Waals surface area contributed by atoms with Crippen molar-refractivity contribution < 1.29 is 4.74 Å². The highest BCUT2D eigenvalue weighted by atomic mass is 16.5. The summed E-state index contributed by atoms with van der Waals surface area (Å²) in [6.07, 6.45) is 2.93. The maximum Gasteiger partial charge on any atom is 0.0667 e. The quantitative estimate of drug-likeness (QED) is 0.636. The van der Waals surface area contributed by atoms with Gasteiger partial charge >= 0.3 is 0 Å². The number of ether oxygens (including phenoxy) is 1. The van der Waals surface area contributed by atoms with Crippen LogP contribution in [-0.2, 0) is 4.74 Å². The molecule has 0 amide bonds. The highest BCUT2D eigenvalue weighted by Gasteiger charge is 2.01. The third kappa shape index (κ3) is 6.62. The van der Waals surface area contributed by atoms with Crippen LogP contribution in [0, 0.1) is 5.92 Å². The van der Waals surface area contributed by atoms with E-state index in [-0.39, 0.29) is 0 Å². The number of nitrogens with one attached hydrogen (secondary N) is 1. The average molecular weight is 173 g/mol. The predicted molar refractivity (Wildman–Crippen MR) is 53.4 cm³/mol. The van der Waals surface area contributed by atoms with Crippen LogP contribution in [0.4, 0.5) is 0 Å². The van der Waals surface area contributed by atoms with Crippen LogP contribution in [0.1, 0.15) is 33.6 Å². The van der Waals surface area contributed by atoms with E-state index in [9.17, 15) is 0 Å². The largest absolute Gasteiger partial charge is 0.380 e. The van der Waals surface area contributed by atoms with Gasteiger partial charge in [-0.3, -0.25) is 0 Å². The molecule has 0 fully saturated rings. The summed E-state index contributed by atoms with van der Waals surface area (Å²) in [5.74, 6) is 0.791. The van der Waals surface area contributed by atoms with Crippen molar-refractivity contribution >= 4 is 0 Å². The summed E-state index contributed by atoms with van der Waals surface area (Å²) in [5, 5.41) is 3.40. The third-order valence-electron chi connectivity index (χ3n) is 2.11. The summed E-state index contributed by atoms with van der Waals surface area (Å²) in [6.45, 7) is 8.67. The summed E-state index contributed by atoms with van der Waals surface area (Å²) >= 11 is 0. The van der Waals surface area contributed by atoms with Crippen LogP contribution in [0.25, 0.3) is 0 Å². The highest BCUT2D eigenvalue weighted by Crippen LogP contribution is 2.02. The molecule has 2 atom stereocenters. The van der Waals surface area contributed by atoms with Gasteiger partial charge in [0.25, 0.3) is 0 Å². The van der Waals surface area contributed by atoms with Crippen molar-refractivity contribution in [1.82, 2.24) is 5.32 Å². The molecule has 2 heteroatoms. The van der Waals surface area contributed by atoms with Gasteiger partial charge < -0.3 is 10.1 Å². The SMILES string of the molecule is CCCC(C)CNCC(C)OC. The molecule has 0 bridgehead atoms. The minimum Gasteiger partial charge on any atom is -0.380 e. The summed E-state index contributed by atoms with van der Waals surface area (Å²) in [5.41, 5.74) is 0. The molecule has 0 aliphatic carbocycles. The van der Waals surface area contributed by atoms with Gasteiger partial charge in [0.2, 0.25) is 0 Å². The van der Waals surface area contributed by atoms with Crippen LogP contribution in [-0.4, -0.2) is 26.3 Å². The molecule has 0 saturated heterocycles. The zero-order chi connectivity index (χ0) is 9.40. The maximum absolute atomic E-state index is 5.13. The van der Waals surface area contributed by atoms with E-state index in [2.05, 4.69) is 26.1 Å². The molecule has 12 heavy (non-hydrogen) atoms. The summed E-state index contributed by atoms with van der Waals surface area (Å²) < 4.78 is 5.13. The standard InChI is InChI=1S/C10H23NO/c1-5-6-9(2)7-11-8-10(3)12-4/h9-11H,5-8H2,1-4H3. The van der Waals surface area contributed by atoms with Gasteiger partial charge in [-0.05, 0) is 25.8 Å². The molecule has 0 aromatic heterocycles. The van der Waals surface area contributed by atoms with Crippen molar-refractivity contribution in [3.63, 3.8) is 0 Å². The summed E-state index contributed by atoms with van der Waals surface area (Å²) in [4.78, 5) is 0. The van der Waals surface area contributed by atoms with Crippen molar-refractivity contribution in [3.05, 3.63) is 0 Å². The van der Waals surface area contributed by atoms with Crippen LogP contribution in [0.3, 0.4) is 0 Å². The summed E-state index contributed by atoms with van der Waals surface area (Å²) in [6, 6.07) is 0. The molecule has 0 aliphatic heterocycles. The Morgan fingerprint density at radius 2 is 1.92 bits per heavy atom. The zero-order valence-electron chi connectivity index (χ0n) is 8.89. The lowest BCUT2D eigenvalue weighted by Gasteiger charge is -2.14. The van der Waals surface area contributed by atoms with Gasteiger partial charge in [-0.25, -0.2) is 0 Å². The Morgan fingerprint density at radius 3 is 2.42 bits per heavy atom. The van der Waals surface area contributed by atoms with Crippen LogP contribution in [0.15, 0.2) is 0 Å². The molecule has 0 radical (unpaired) electrons. The molecular weight excluding hydrogens is 150 g/mol. The van der Waals surface area contributed by atoms with E-state index in [0.29, 0.717) is 6.10 Å². The fourth-order valence-electron chi connectivity index (χ4n) is 1.21. The van der Waals surface area contributed by atoms with Gasteiger partial charge in [0.1, 0.15) is 0 Å². The molecule has 0 rings (SSSR count). The zero-order valence-corrected chi connectivity index (χ0v) is 8.89.